The Morgan fingerprint density at radius 1 is 1.39 bits per heavy atom. The first-order chi connectivity index (χ1) is 10.6. The third kappa shape index (κ3) is 3.66. The molecule has 2 rings (SSSR count). The van der Waals surface area contributed by atoms with Crippen LogP contribution in [0.4, 0.5) is 0 Å². The molecule has 0 bridgehead atoms. The number of nitrogens with zero attached hydrogens (tertiary/aromatic N) is 3. The molecule has 10 heteroatoms. The molecule has 1 aromatic rings. The van der Waals surface area contributed by atoms with E-state index in [0.29, 0.717) is 0 Å². The number of rotatable bonds is 4. The van der Waals surface area contributed by atoms with Gasteiger partial charge in [-0.05, 0) is 20.8 Å². The summed E-state index contributed by atoms with van der Waals surface area (Å²) in [6.45, 7) is 4.86. The lowest BCUT2D eigenvalue weighted by atomic mass is 9.97. The molecular formula is C13H20N4O6. The van der Waals surface area contributed by atoms with Crippen molar-refractivity contribution >= 4 is 11.9 Å². The predicted molar refractivity (Wildman–Crippen MR) is 74.9 cm³/mol. The Hall–Kier alpha value is -2.04. The molecule has 0 spiro atoms. The summed E-state index contributed by atoms with van der Waals surface area (Å²) in [4.78, 5) is 26.4. The smallest absolute Gasteiger partial charge is 0.311 e. The standard InChI is InChI=1S/C13H20N4O6/c1-13(2,3)12(21)22-4-6-7(18)8(19)11(23-6)17-5-15-10(16-17)9(14)20/h5-8,11,18-19H,4H2,1-3H3,(H2,14,20)/t6-,7+,8+,11-/m0/s1. The molecule has 128 valence electrons. The molecule has 0 aliphatic carbocycles. The van der Waals surface area contributed by atoms with Gasteiger partial charge in [-0.1, -0.05) is 0 Å². The molecule has 4 atom stereocenters. The van der Waals surface area contributed by atoms with Gasteiger partial charge in [-0.25, -0.2) is 9.67 Å². The fraction of sp³-hybridized carbons (Fsp3) is 0.692. The third-order valence-corrected chi connectivity index (χ3v) is 3.32. The number of nitrogens with two attached hydrogens (primary N) is 1. The Kier molecular flexibility index (Phi) is 4.68. The van der Waals surface area contributed by atoms with Crippen LogP contribution in [-0.4, -0.2) is 61.8 Å². The summed E-state index contributed by atoms with van der Waals surface area (Å²) in [5, 5.41) is 23.8. The van der Waals surface area contributed by atoms with Gasteiger partial charge < -0.3 is 25.4 Å². The first-order valence-corrected chi connectivity index (χ1v) is 7.01. The number of aromatic nitrogens is 3. The largest absolute Gasteiger partial charge is 0.462 e. The van der Waals surface area contributed by atoms with E-state index >= 15 is 0 Å². The van der Waals surface area contributed by atoms with E-state index in [4.69, 9.17) is 15.2 Å². The van der Waals surface area contributed by atoms with Crippen molar-refractivity contribution in [3.63, 3.8) is 0 Å². The van der Waals surface area contributed by atoms with Crippen LogP contribution in [-0.2, 0) is 14.3 Å². The SMILES string of the molecule is CC(C)(C)C(=O)OC[C@@H]1O[C@H](n2cnc(C(N)=O)n2)[C@H](O)[C@@H]1O. The van der Waals surface area contributed by atoms with Gasteiger partial charge in [-0.2, -0.15) is 0 Å². The van der Waals surface area contributed by atoms with Crippen LogP contribution in [0.1, 0.15) is 37.6 Å². The normalized spacial score (nSPS) is 27.9. The summed E-state index contributed by atoms with van der Waals surface area (Å²) >= 11 is 0. The van der Waals surface area contributed by atoms with Crippen LogP contribution in [0.25, 0.3) is 0 Å². The van der Waals surface area contributed by atoms with E-state index in [1.54, 1.807) is 20.8 Å². The molecule has 1 amide bonds. The Balaban J connectivity index is 2.03. The van der Waals surface area contributed by atoms with Gasteiger partial charge in [0, 0.05) is 0 Å². The second kappa shape index (κ2) is 6.22. The van der Waals surface area contributed by atoms with Crippen molar-refractivity contribution in [2.75, 3.05) is 6.61 Å². The highest BCUT2D eigenvalue weighted by molar-refractivity contribution is 5.88. The molecule has 4 N–H and O–H groups in total. The molecular weight excluding hydrogens is 308 g/mol. The number of hydrogen-bond acceptors (Lipinski definition) is 8. The fourth-order valence-corrected chi connectivity index (χ4v) is 1.97. The first kappa shape index (κ1) is 17.3. The molecule has 10 nitrogen and oxygen atoms in total. The molecule has 1 aliphatic rings. The molecule has 23 heavy (non-hydrogen) atoms. The van der Waals surface area contributed by atoms with Crippen LogP contribution < -0.4 is 5.73 Å². The van der Waals surface area contributed by atoms with Gasteiger partial charge in [0.1, 0.15) is 31.2 Å². The number of carbonyl (C=O) groups excluding carboxylic acids is 2. The maximum Gasteiger partial charge on any atom is 0.311 e. The number of carbonyl (C=O) groups is 2. The fourth-order valence-electron chi connectivity index (χ4n) is 1.97. The van der Waals surface area contributed by atoms with E-state index in [1.165, 1.54) is 0 Å². The Morgan fingerprint density at radius 3 is 2.57 bits per heavy atom. The molecule has 2 heterocycles. The highest BCUT2D eigenvalue weighted by Crippen LogP contribution is 2.29. The van der Waals surface area contributed by atoms with Gasteiger partial charge in [-0.3, -0.25) is 9.59 Å². The van der Waals surface area contributed by atoms with E-state index in [1.807, 2.05) is 0 Å². The first-order valence-electron chi connectivity index (χ1n) is 7.01. The minimum Gasteiger partial charge on any atom is -0.462 e. The molecule has 0 saturated carbocycles. The maximum absolute atomic E-state index is 11.7. The van der Waals surface area contributed by atoms with Gasteiger partial charge in [0.15, 0.2) is 6.23 Å². The minimum atomic E-state index is -1.32. The number of primary amides is 1. The van der Waals surface area contributed by atoms with Crippen LogP contribution in [0, 0.1) is 5.41 Å². The summed E-state index contributed by atoms with van der Waals surface area (Å²) in [6.07, 6.45) is -3.44. The predicted octanol–water partition coefficient (Wildman–Crippen LogP) is -1.41. The Bertz CT molecular complexity index is 596. The monoisotopic (exact) mass is 328 g/mol. The van der Waals surface area contributed by atoms with Gasteiger partial charge in [0.25, 0.3) is 5.91 Å². The lowest BCUT2D eigenvalue weighted by Gasteiger charge is -2.20. The zero-order valence-corrected chi connectivity index (χ0v) is 13.0. The number of ether oxygens (including phenoxy) is 2. The van der Waals surface area contributed by atoms with Crippen molar-refractivity contribution in [2.45, 2.75) is 45.3 Å². The topological polar surface area (TPSA) is 150 Å². The molecule has 0 radical (unpaired) electrons. The molecule has 1 aromatic heterocycles. The lowest BCUT2D eigenvalue weighted by molar-refractivity contribution is -0.159. The molecule has 0 unspecified atom stereocenters. The molecule has 1 aliphatic heterocycles. The van der Waals surface area contributed by atoms with Crippen LogP contribution in [0.3, 0.4) is 0 Å². The quantitative estimate of drug-likeness (QED) is 0.570. The number of esters is 1. The van der Waals surface area contributed by atoms with Crippen molar-refractivity contribution in [1.82, 2.24) is 14.8 Å². The number of aliphatic hydroxyl groups is 2. The van der Waals surface area contributed by atoms with Crippen molar-refractivity contribution in [3.8, 4) is 0 Å². The number of hydrogen-bond donors (Lipinski definition) is 3. The zero-order chi connectivity index (χ0) is 17.4. The maximum atomic E-state index is 11.7. The average Bonchev–Trinajstić information content (AvgIpc) is 3.03. The van der Waals surface area contributed by atoms with Crippen molar-refractivity contribution < 1.29 is 29.3 Å². The lowest BCUT2D eigenvalue weighted by Crippen LogP contribution is -2.35. The third-order valence-electron chi connectivity index (χ3n) is 3.32. The van der Waals surface area contributed by atoms with Crippen molar-refractivity contribution in [1.29, 1.82) is 0 Å². The summed E-state index contributed by atoms with van der Waals surface area (Å²) in [5.74, 6) is -1.52. The van der Waals surface area contributed by atoms with Crippen LogP contribution >= 0.6 is 0 Å². The Morgan fingerprint density at radius 2 is 2.04 bits per heavy atom. The second-order valence-electron chi connectivity index (χ2n) is 6.31. The van der Waals surface area contributed by atoms with Gasteiger partial charge in [0.2, 0.25) is 5.82 Å². The number of amides is 1. The van der Waals surface area contributed by atoms with Crippen LogP contribution in [0.15, 0.2) is 6.33 Å². The number of aliphatic hydroxyl groups excluding tert-OH is 2. The van der Waals surface area contributed by atoms with Gasteiger partial charge in [0.05, 0.1) is 5.41 Å². The van der Waals surface area contributed by atoms with Crippen molar-refractivity contribution in [2.24, 2.45) is 11.1 Å². The van der Waals surface area contributed by atoms with Crippen LogP contribution in [0.2, 0.25) is 0 Å². The molecule has 0 aromatic carbocycles. The highest BCUT2D eigenvalue weighted by atomic mass is 16.6. The molecule has 1 saturated heterocycles. The van der Waals surface area contributed by atoms with Gasteiger partial charge in [-0.15, -0.1) is 5.10 Å². The summed E-state index contributed by atoms with van der Waals surface area (Å²) < 4.78 is 11.6. The van der Waals surface area contributed by atoms with E-state index in [0.717, 1.165) is 11.0 Å². The van der Waals surface area contributed by atoms with E-state index in [2.05, 4.69) is 10.1 Å². The summed E-state index contributed by atoms with van der Waals surface area (Å²) in [5.41, 5.74) is 4.36. The second-order valence-corrected chi connectivity index (χ2v) is 6.31. The van der Waals surface area contributed by atoms with E-state index in [-0.39, 0.29) is 12.4 Å². The minimum absolute atomic E-state index is 0.220. The summed E-state index contributed by atoms with van der Waals surface area (Å²) in [7, 11) is 0. The zero-order valence-electron chi connectivity index (χ0n) is 13.0. The van der Waals surface area contributed by atoms with Gasteiger partial charge >= 0.3 is 5.97 Å². The average molecular weight is 328 g/mol. The van der Waals surface area contributed by atoms with Crippen molar-refractivity contribution in [3.05, 3.63) is 12.2 Å². The van der Waals surface area contributed by atoms with E-state index in [9.17, 15) is 19.8 Å². The Labute approximate surface area is 132 Å². The highest BCUT2D eigenvalue weighted by Gasteiger charge is 2.45. The van der Waals surface area contributed by atoms with Crippen LogP contribution in [0.5, 0.6) is 0 Å². The molecule has 1 fully saturated rings. The summed E-state index contributed by atoms with van der Waals surface area (Å²) in [6, 6.07) is 0. The van der Waals surface area contributed by atoms with E-state index < -0.39 is 41.8 Å².